The third kappa shape index (κ3) is 3.64. The molecule has 1 aromatic heterocycles. The monoisotopic (exact) mass is 363 g/mol. The van der Waals surface area contributed by atoms with Crippen molar-refractivity contribution in [3.8, 4) is 0 Å². The van der Waals surface area contributed by atoms with E-state index in [1.54, 1.807) is 27.7 Å². The van der Waals surface area contributed by atoms with Gasteiger partial charge in [0.15, 0.2) is 5.78 Å². The second kappa shape index (κ2) is 6.45. The number of Topliss-reactive ketones (excluding diaryl/α,β-unsaturated/α-hetero) is 1. The van der Waals surface area contributed by atoms with Gasteiger partial charge in [-0.3, -0.25) is 9.59 Å². The van der Waals surface area contributed by atoms with Gasteiger partial charge in [-0.2, -0.15) is 0 Å². The van der Waals surface area contributed by atoms with Crippen molar-refractivity contribution in [1.29, 1.82) is 0 Å². The number of anilines is 1. The van der Waals surface area contributed by atoms with E-state index in [-0.39, 0.29) is 16.4 Å². The van der Waals surface area contributed by atoms with Gasteiger partial charge in [0.2, 0.25) is 10.0 Å². The highest BCUT2D eigenvalue weighted by Crippen LogP contribution is 2.25. The zero-order valence-electron chi connectivity index (χ0n) is 14.8. The van der Waals surface area contributed by atoms with Gasteiger partial charge >= 0.3 is 0 Å². The van der Waals surface area contributed by atoms with Gasteiger partial charge in [-0.1, -0.05) is 0 Å². The first-order valence-electron chi connectivity index (χ1n) is 7.59. The number of carbonyl (C=O) groups excluding carboxylic acids is 2. The van der Waals surface area contributed by atoms with Crippen LogP contribution in [0.2, 0.25) is 0 Å². The number of primary sulfonamides is 1. The Labute approximate surface area is 146 Å². The molecule has 0 saturated carbocycles. The highest BCUT2D eigenvalue weighted by atomic mass is 32.2. The molecule has 0 saturated heterocycles. The predicted molar refractivity (Wildman–Crippen MR) is 95.5 cm³/mol. The Kier molecular flexibility index (Phi) is 4.87. The number of nitrogens with one attached hydrogen (secondary N) is 2. The lowest BCUT2D eigenvalue weighted by molar-refractivity contribution is 0.101. The van der Waals surface area contributed by atoms with Gasteiger partial charge in [0.25, 0.3) is 5.91 Å². The van der Waals surface area contributed by atoms with Crippen LogP contribution < -0.4 is 10.5 Å². The Hall–Kier alpha value is -2.45. The SMILES string of the molecule is CC(=O)c1c(C)[nH]c(C(=O)Nc2cc(S(N)(=O)=O)cc(C)c2C)c1C. The molecule has 7 nitrogen and oxygen atoms in total. The predicted octanol–water partition coefficient (Wildman–Crippen LogP) is 2.35. The summed E-state index contributed by atoms with van der Waals surface area (Å²) in [5.41, 5.74) is 3.68. The van der Waals surface area contributed by atoms with E-state index < -0.39 is 15.9 Å². The maximum Gasteiger partial charge on any atom is 0.272 e. The number of amides is 1. The third-order valence-electron chi connectivity index (χ3n) is 4.23. The number of aryl methyl sites for hydroxylation is 2. The average molecular weight is 363 g/mol. The summed E-state index contributed by atoms with van der Waals surface area (Å²) in [6.07, 6.45) is 0. The molecule has 1 amide bonds. The summed E-state index contributed by atoms with van der Waals surface area (Å²) in [7, 11) is -3.89. The van der Waals surface area contributed by atoms with Crippen LogP contribution in [0.3, 0.4) is 0 Å². The van der Waals surface area contributed by atoms with Gasteiger partial charge in [0.1, 0.15) is 5.69 Å². The van der Waals surface area contributed by atoms with E-state index in [0.29, 0.717) is 28.1 Å². The number of sulfonamides is 1. The highest BCUT2D eigenvalue weighted by molar-refractivity contribution is 7.89. The Morgan fingerprint density at radius 1 is 1.08 bits per heavy atom. The first-order chi connectivity index (χ1) is 11.4. The Balaban J connectivity index is 2.47. The van der Waals surface area contributed by atoms with Gasteiger partial charge in [-0.25, -0.2) is 13.6 Å². The van der Waals surface area contributed by atoms with Crippen molar-refractivity contribution in [2.24, 2.45) is 5.14 Å². The molecule has 1 heterocycles. The number of H-pyrrole nitrogens is 1. The van der Waals surface area contributed by atoms with Gasteiger partial charge in [-0.15, -0.1) is 0 Å². The molecular weight excluding hydrogens is 342 g/mol. The topological polar surface area (TPSA) is 122 Å². The maximum atomic E-state index is 12.6. The van der Waals surface area contributed by atoms with Crippen LogP contribution in [-0.4, -0.2) is 25.1 Å². The van der Waals surface area contributed by atoms with Crippen molar-refractivity contribution in [2.45, 2.75) is 39.5 Å². The van der Waals surface area contributed by atoms with Crippen LogP contribution >= 0.6 is 0 Å². The molecule has 0 unspecified atom stereocenters. The number of ketones is 1. The molecular formula is C17H21N3O4S. The summed E-state index contributed by atoms with van der Waals surface area (Å²) in [5, 5.41) is 7.88. The van der Waals surface area contributed by atoms with Gasteiger partial charge in [0, 0.05) is 16.9 Å². The lowest BCUT2D eigenvalue weighted by Crippen LogP contribution is -2.17. The molecule has 8 heteroatoms. The number of nitrogens with two attached hydrogens (primary N) is 1. The summed E-state index contributed by atoms with van der Waals surface area (Å²) in [6.45, 7) is 8.35. The molecule has 25 heavy (non-hydrogen) atoms. The molecule has 134 valence electrons. The molecule has 4 N–H and O–H groups in total. The number of hydrogen-bond donors (Lipinski definition) is 3. The first-order valence-corrected chi connectivity index (χ1v) is 9.13. The minimum Gasteiger partial charge on any atom is -0.354 e. The smallest absolute Gasteiger partial charge is 0.272 e. The van der Waals surface area contributed by atoms with Crippen LogP contribution in [-0.2, 0) is 10.0 Å². The van der Waals surface area contributed by atoms with Crippen LogP contribution in [0.5, 0.6) is 0 Å². The number of aromatic nitrogens is 1. The van der Waals surface area contributed by atoms with Crippen LogP contribution in [0.4, 0.5) is 5.69 Å². The fourth-order valence-corrected chi connectivity index (χ4v) is 3.43. The van der Waals surface area contributed by atoms with Gasteiger partial charge in [-0.05, 0) is 63.4 Å². The highest BCUT2D eigenvalue weighted by Gasteiger charge is 2.21. The standard InChI is InChI=1S/C17H21N3O4S/c1-8-6-13(25(18,23)24)7-14(9(8)2)20-17(22)16-10(3)15(12(5)21)11(4)19-16/h6-7,19H,1-5H3,(H,20,22)(H2,18,23,24). The molecule has 0 atom stereocenters. The minimum atomic E-state index is -3.89. The summed E-state index contributed by atoms with van der Waals surface area (Å²) in [4.78, 5) is 27.2. The lowest BCUT2D eigenvalue weighted by atomic mass is 10.1. The van der Waals surface area contributed by atoms with E-state index in [1.165, 1.54) is 19.1 Å². The number of carbonyl (C=O) groups is 2. The third-order valence-corrected chi connectivity index (χ3v) is 5.13. The van der Waals surface area contributed by atoms with Crippen LogP contribution in [0.25, 0.3) is 0 Å². The van der Waals surface area contributed by atoms with E-state index in [2.05, 4.69) is 10.3 Å². The van der Waals surface area contributed by atoms with Crippen molar-refractivity contribution in [3.05, 3.63) is 45.8 Å². The summed E-state index contributed by atoms with van der Waals surface area (Å²) < 4.78 is 23.2. The number of hydrogen-bond acceptors (Lipinski definition) is 4. The Morgan fingerprint density at radius 3 is 2.16 bits per heavy atom. The average Bonchev–Trinajstić information content (AvgIpc) is 2.77. The van der Waals surface area contributed by atoms with Crippen molar-refractivity contribution in [3.63, 3.8) is 0 Å². The molecule has 0 aliphatic rings. The Bertz CT molecular complexity index is 988. The summed E-state index contributed by atoms with van der Waals surface area (Å²) >= 11 is 0. The molecule has 0 aliphatic carbocycles. The molecule has 2 rings (SSSR count). The zero-order chi connectivity index (χ0) is 19.1. The lowest BCUT2D eigenvalue weighted by Gasteiger charge is -2.12. The molecule has 0 spiro atoms. The van der Waals surface area contributed by atoms with E-state index in [1.807, 2.05) is 0 Å². The molecule has 1 aromatic carbocycles. The zero-order valence-corrected chi connectivity index (χ0v) is 15.6. The molecule has 0 aliphatic heterocycles. The van der Waals surface area contributed by atoms with E-state index >= 15 is 0 Å². The van der Waals surface area contributed by atoms with E-state index in [9.17, 15) is 18.0 Å². The van der Waals surface area contributed by atoms with Crippen LogP contribution in [0.1, 0.15) is 50.2 Å². The van der Waals surface area contributed by atoms with E-state index in [4.69, 9.17) is 5.14 Å². The fourth-order valence-electron chi connectivity index (χ4n) is 2.81. The largest absolute Gasteiger partial charge is 0.354 e. The van der Waals surface area contributed by atoms with Crippen LogP contribution in [0.15, 0.2) is 17.0 Å². The summed E-state index contributed by atoms with van der Waals surface area (Å²) in [5.74, 6) is -0.587. The molecule has 2 aromatic rings. The Morgan fingerprint density at radius 2 is 1.68 bits per heavy atom. The van der Waals surface area contributed by atoms with Gasteiger partial charge < -0.3 is 10.3 Å². The van der Waals surface area contributed by atoms with E-state index in [0.717, 1.165) is 5.56 Å². The second-order valence-electron chi connectivity index (χ2n) is 6.09. The minimum absolute atomic E-state index is 0.0743. The molecule has 0 radical (unpaired) electrons. The second-order valence-corrected chi connectivity index (χ2v) is 7.65. The van der Waals surface area contributed by atoms with Crippen molar-refractivity contribution in [1.82, 2.24) is 4.98 Å². The first kappa shape index (κ1) is 18.9. The number of rotatable bonds is 4. The normalized spacial score (nSPS) is 11.4. The van der Waals surface area contributed by atoms with Crippen molar-refractivity contribution >= 4 is 27.4 Å². The summed E-state index contributed by atoms with van der Waals surface area (Å²) in [6, 6.07) is 2.78. The van der Waals surface area contributed by atoms with Crippen molar-refractivity contribution < 1.29 is 18.0 Å². The molecule has 0 fully saturated rings. The quantitative estimate of drug-likeness (QED) is 0.722. The van der Waals surface area contributed by atoms with Gasteiger partial charge in [0.05, 0.1) is 4.90 Å². The van der Waals surface area contributed by atoms with Crippen molar-refractivity contribution in [2.75, 3.05) is 5.32 Å². The number of benzene rings is 1. The fraction of sp³-hybridized carbons (Fsp3) is 0.294. The number of aromatic amines is 1. The maximum absolute atomic E-state index is 12.6. The molecule has 0 bridgehead atoms. The van der Waals surface area contributed by atoms with Crippen LogP contribution in [0, 0.1) is 27.7 Å².